The fraction of sp³-hybridized carbons (Fsp3) is 0.692. The molecule has 0 aliphatic heterocycles. The summed E-state index contributed by atoms with van der Waals surface area (Å²) >= 11 is 0. The zero-order valence-electron chi connectivity index (χ0n) is 11.9. The predicted molar refractivity (Wildman–Crippen MR) is 77.8 cm³/mol. The van der Waals surface area contributed by atoms with Crippen molar-refractivity contribution < 1.29 is 4.92 Å². The van der Waals surface area contributed by atoms with E-state index in [-0.39, 0.29) is 11.5 Å². The Kier molecular flexibility index (Phi) is 4.70. The maximum absolute atomic E-state index is 11.2. The van der Waals surface area contributed by atoms with Gasteiger partial charge in [-0.3, -0.25) is 10.1 Å². The predicted octanol–water partition coefficient (Wildman–Crippen LogP) is 2.66. The van der Waals surface area contributed by atoms with Crippen LogP contribution >= 0.6 is 0 Å². The van der Waals surface area contributed by atoms with Gasteiger partial charge in [-0.2, -0.15) is 0 Å². The zero-order valence-corrected chi connectivity index (χ0v) is 11.9. The molecule has 2 unspecified atom stereocenters. The van der Waals surface area contributed by atoms with Crippen LogP contribution in [-0.2, 0) is 0 Å². The molecule has 1 aromatic heterocycles. The summed E-state index contributed by atoms with van der Waals surface area (Å²) in [5, 5.41) is 17.0. The van der Waals surface area contributed by atoms with E-state index in [9.17, 15) is 10.1 Å². The van der Waals surface area contributed by atoms with E-state index in [0.717, 1.165) is 6.54 Å². The molecule has 1 saturated carbocycles. The SMILES string of the molecule is CNc1ncnc(NCC2CCCCC2C)c1[N+](=O)[O-]. The van der Waals surface area contributed by atoms with E-state index in [1.54, 1.807) is 7.05 Å². The van der Waals surface area contributed by atoms with E-state index in [2.05, 4.69) is 27.5 Å². The third kappa shape index (κ3) is 3.15. The van der Waals surface area contributed by atoms with Crippen LogP contribution in [0.4, 0.5) is 17.3 Å². The van der Waals surface area contributed by atoms with Crippen molar-refractivity contribution in [2.45, 2.75) is 32.6 Å². The van der Waals surface area contributed by atoms with E-state index < -0.39 is 4.92 Å². The summed E-state index contributed by atoms with van der Waals surface area (Å²) in [5.74, 6) is 1.74. The Bertz CT molecular complexity index is 480. The lowest BCUT2D eigenvalue weighted by Gasteiger charge is -2.28. The molecule has 2 N–H and O–H groups in total. The normalized spacial score (nSPS) is 22.3. The van der Waals surface area contributed by atoms with Crippen molar-refractivity contribution in [2.75, 3.05) is 24.2 Å². The van der Waals surface area contributed by atoms with Gasteiger partial charge in [0.05, 0.1) is 4.92 Å². The van der Waals surface area contributed by atoms with Crippen LogP contribution in [0.25, 0.3) is 0 Å². The van der Waals surface area contributed by atoms with Crippen molar-refractivity contribution in [3.63, 3.8) is 0 Å². The van der Waals surface area contributed by atoms with E-state index >= 15 is 0 Å². The van der Waals surface area contributed by atoms with Crippen molar-refractivity contribution in [1.29, 1.82) is 0 Å². The second-order valence-corrected chi connectivity index (χ2v) is 5.33. The molecule has 1 heterocycles. The molecule has 0 aromatic carbocycles. The maximum Gasteiger partial charge on any atom is 0.353 e. The Balaban J connectivity index is 2.10. The van der Waals surface area contributed by atoms with E-state index in [4.69, 9.17) is 0 Å². The van der Waals surface area contributed by atoms with Gasteiger partial charge in [0.25, 0.3) is 0 Å². The molecule has 110 valence electrons. The van der Waals surface area contributed by atoms with Crippen molar-refractivity contribution in [1.82, 2.24) is 9.97 Å². The third-order valence-corrected chi connectivity index (χ3v) is 4.06. The van der Waals surface area contributed by atoms with Crippen LogP contribution in [0, 0.1) is 22.0 Å². The molecule has 0 bridgehead atoms. The Morgan fingerprint density at radius 1 is 1.35 bits per heavy atom. The van der Waals surface area contributed by atoms with Crippen molar-refractivity contribution in [3.8, 4) is 0 Å². The van der Waals surface area contributed by atoms with Crippen LogP contribution in [0.15, 0.2) is 6.33 Å². The molecular formula is C13H21N5O2. The van der Waals surface area contributed by atoms with Crippen LogP contribution < -0.4 is 10.6 Å². The second kappa shape index (κ2) is 6.49. The molecule has 2 atom stereocenters. The first-order valence-corrected chi connectivity index (χ1v) is 7.04. The molecule has 1 aliphatic rings. The summed E-state index contributed by atoms with van der Waals surface area (Å²) in [7, 11) is 1.61. The van der Waals surface area contributed by atoms with E-state index in [1.165, 1.54) is 32.0 Å². The number of anilines is 2. The molecule has 1 fully saturated rings. The number of aromatic nitrogens is 2. The first-order valence-electron chi connectivity index (χ1n) is 7.04. The summed E-state index contributed by atoms with van der Waals surface area (Å²) in [6.45, 7) is 2.97. The standard InChI is InChI=1S/C13H21N5O2/c1-9-5-3-4-6-10(9)7-15-13-11(18(19)20)12(14-2)16-8-17-13/h8-10H,3-7H2,1-2H3,(H2,14,15,16,17). The molecular weight excluding hydrogens is 258 g/mol. The molecule has 7 nitrogen and oxygen atoms in total. The first kappa shape index (κ1) is 14.5. The third-order valence-electron chi connectivity index (χ3n) is 4.06. The molecule has 0 saturated heterocycles. The van der Waals surface area contributed by atoms with Gasteiger partial charge < -0.3 is 10.6 Å². The summed E-state index contributed by atoms with van der Waals surface area (Å²) in [4.78, 5) is 18.6. The number of nitrogens with zero attached hydrogens (tertiary/aromatic N) is 3. The number of hydrogen-bond acceptors (Lipinski definition) is 6. The van der Waals surface area contributed by atoms with Crippen molar-refractivity contribution in [3.05, 3.63) is 16.4 Å². The second-order valence-electron chi connectivity index (χ2n) is 5.33. The highest BCUT2D eigenvalue weighted by molar-refractivity contribution is 5.68. The molecule has 20 heavy (non-hydrogen) atoms. The number of nitrogens with one attached hydrogen (secondary N) is 2. The Morgan fingerprint density at radius 3 is 2.70 bits per heavy atom. The number of nitro groups is 1. The van der Waals surface area contributed by atoms with Gasteiger partial charge in [0, 0.05) is 13.6 Å². The maximum atomic E-state index is 11.2. The van der Waals surface area contributed by atoms with Gasteiger partial charge in [0.15, 0.2) is 0 Å². The van der Waals surface area contributed by atoms with Gasteiger partial charge >= 0.3 is 5.69 Å². The minimum Gasteiger partial charge on any atom is -0.367 e. The van der Waals surface area contributed by atoms with Crippen LogP contribution in [0.5, 0.6) is 0 Å². The minimum absolute atomic E-state index is 0.0848. The lowest BCUT2D eigenvalue weighted by atomic mass is 9.80. The van der Waals surface area contributed by atoms with Gasteiger partial charge in [0.1, 0.15) is 6.33 Å². The Morgan fingerprint density at radius 2 is 2.05 bits per heavy atom. The van der Waals surface area contributed by atoms with Crippen LogP contribution in [0.2, 0.25) is 0 Å². The molecule has 1 aromatic rings. The summed E-state index contributed by atoms with van der Waals surface area (Å²) < 4.78 is 0. The molecule has 0 radical (unpaired) electrons. The number of rotatable bonds is 5. The monoisotopic (exact) mass is 279 g/mol. The van der Waals surface area contributed by atoms with Gasteiger partial charge in [-0.15, -0.1) is 0 Å². The van der Waals surface area contributed by atoms with Crippen LogP contribution in [-0.4, -0.2) is 28.5 Å². The molecule has 2 rings (SSSR count). The summed E-state index contributed by atoms with van der Waals surface area (Å²) in [6, 6.07) is 0. The molecule has 7 heteroatoms. The molecule has 1 aliphatic carbocycles. The highest BCUT2D eigenvalue weighted by atomic mass is 16.6. The van der Waals surface area contributed by atoms with E-state index in [0.29, 0.717) is 17.7 Å². The smallest absolute Gasteiger partial charge is 0.353 e. The Hall–Kier alpha value is -1.92. The number of hydrogen-bond donors (Lipinski definition) is 2. The highest BCUT2D eigenvalue weighted by Gasteiger charge is 2.25. The minimum atomic E-state index is -0.446. The first-order chi connectivity index (χ1) is 9.63. The lowest BCUT2D eigenvalue weighted by Crippen LogP contribution is -2.25. The molecule has 0 spiro atoms. The fourth-order valence-electron chi connectivity index (χ4n) is 2.79. The molecule has 0 amide bonds. The largest absolute Gasteiger partial charge is 0.367 e. The van der Waals surface area contributed by atoms with Gasteiger partial charge in [-0.25, -0.2) is 9.97 Å². The zero-order chi connectivity index (χ0) is 14.5. The summed E-state index contributed by atoms with van der Waals surface area (Å²) in [5.41, 5.74) is -0.0848. The average Bonchev–Trinajstić information content (AvgIpc) is 2.45. The fourth-order valence-corrected chi connectivity index (χ4v) is 2.79. The topological polar surface area (TPSA) is 93.0 Å². The summed E-state index contributed by atoms with van der Waals surface area (Å²) in [6.07, 6.45) is 6.27. The van der Waals surface area contributed by atoms with Gasteiger partial charge in [-0.1, -0.05) is 26.2 Å². The van der Waals surface area contributed by atoms with Gasteiger partial charge in [0.2, 0.25) is 11.6 Å². The highest BCUT2D eigenvalue weighted by Crippen LogP contribution is 2.32. The average molecular weight is 279 g/mol. The Labute approximate surface area is 118 Å². The van der Waals surface area contributed by atoms with Gasteiger partial charge in [-0.05, 0) is 18.3 Å². The van der Waals surface area contributed by atoms with Crippen LogP contribution in [0.3, 0.4) is 0 Å². The lowest BCUT2D eigenvalue weighted by molar-refractivity contribution is -0.383. The quantitative estimate of drug-likeness (QED) is 0.635. The van der Waals surface area contributed by atoms with Crippen molar-refractivity contribution >= 4 is 17.3 Å². The van der Waals surface area contributed by atoms with Crippen molar-refractivity contribution in [2.24, 2.45) is 11.8 Å². The van der Waals surface area contributed by atoms with Crippen LogP contribution in [0.1, 0.15) is 32.6 Å². The van der Waals surface area contributed by atoms with E-state index in [1.807, 2.05) is 0 Å².